The molecule has 1 heterocycles. The van der Waals surface area contributed by atoms with Crippen LogP contribution in [0.25, 0.3) is 0 Å². The Morgan fingerprint density at radius 1 is 1.06 bits per heavy atom. The molecule has 8 nitrogen and oxygen atoms in total. The molecular weight excluding hydrogens is 425 g/mol. The number of carbonyl (C=O) groups is 2. The number of nitrogens with one attached hydrogen (secondary N) is 1. The fraction of sp³-hybridized carbons (Fsp3) is 0.667. The highest BCUT2D eigenvalue weighted by Crippen LogP contribution is 2.12. The molecule has 1 aromatic carbocycles. The van der Waals surface area contributed by atoms with Crippen molar-refractivity contribution in [1.82, 2.24) is 24.9 Å². The smallest absolute Gasteiger partial charge is 0.410 e. The molecule has 0 aliphatic carbocycles. The van der Waals surface area contributed by atoms with Gasteiger partial charge in [-0.15, -0.1) is 0 Å². The summed E-state index contributed by atoms with van der Waals surface area (Å²) in [5, 5.41) is 3.01. The molecule has 0 unspecified atom stereocenters. The van der Waals surface area contributed by atoms with E-state index in [0.717, 1.165) is 38.2 Å². The first kappa shape index (κ1) is 26.9. The third-order valence-corrected chi connectivity index (χ3v) is 5.34. The number of amides is 3. The summed E-state index contributed by atoms with van der Waals surface area (Å²) in [6, 6.07) is 6.14. The first-order valence-corrected chi connectivity index (χ1v) is 11.7. The number of urea groups is 1. The van der Waals surface area contributed by atoms with E-state index in [0.29, 0.717) is 32.7 Å². The van der Waals surface area contributed by atoms with Crippen LogP contribution in [0.1, 0.15) is 32.8 Å². The number of benzene rings is 1. The summed E-state index contributed by atoms with van der Waals surface area (Å²) < 4.78 is 18.6. The zero-order valence-electron chi connectivity index (χ0n) is 20.8. The summed E-state index contributed by atoms with van der Waals surface area (Å²) in [6.45, 7) is 11.7. The number of piperazine rings is 1. The second kappa shape index (κ2) is 12.7. The topological polar surface area (TPSA) is 68.4 Å². The molecule has 0 saturated carbocycles. The Bertz CT molecular complexity index is 743. The number of hydrogen-bond acceptors (Lipinski definition) is 5. The normalized spacial score (nSPS) is 14.9. The molecular formula is C24H40FN5O3. The molecule has 0 spiro atoms. The minimum absolute atomic E-state index is 0.115. The minimum Gasteiger partial charge on any atom is -0.444 e. The van der Waals surface area contributed by atoms with Gasteiger partial charge in [0.05, 0.1) is 0 Å². The van der Waals surface area contributed by atoms with Crippen molar-refractivity contribution < 1.29 is 18.7 Å². The Hall–Kier alpha value is -2.39. The Balaban J connectivity index is 1.72. The van der Waals surface area contributed by atoms with Crippen molar-refractivity contribution in [3.8, 4) is 0 Å². The number of halogens is 1. The minimum atomic E-state index is -0.483. The molecule has 33 heavy (non-hydrogen) atoms. The average molecular weight is 466 g/mol. The van der Waals surface area contributed by atoms with Gasteiger partial charge in [0.2, 0.25) is 0 Å². The molecule has 2 rings (SSSR count). The van der Waals surface area contributed by atoms with Gasteiger partial charge in [0.25, 0.3) is 0 Å². The monoisotopic (exact) mass is 465 g/mol. The Morgan fingerprint density at radius 3 is 2.27 bits per heavy atom. The summed E-state index contributed by atoms with van der Waals surface area (Å²) >= 11 is 0. The molecule has 1 saturated heterocycles. The summed E-state index contributed by atoms with van der Waals surface area (Å²) in [5.74, 6) is -0.282. The predicted molar refractivity (Wildman–Crippen MR) is 128 cm³/mol. The second-order valence-corrected chi connectivity index (χ2v) is 9.75. The molecule has 0 radical (unpaired) electrons. The number of ether oxygens (including phenoxy) is 1. The van der Waals surface area contributed by atoms with Gasteiger partial charge < -0.3 is 24.8 Å². The van der Waals surface area contributed by atoms with Crippen molar-refractivity contribution in [2.24, 2.45) is 0 Å². The number of hydrogen-bond donors (Lipinski definition) is 1. The lowest BCUT2D eigenvalue weighted by Gasteiger charge is -2.35. The number of rotatable bonds is 9. The van der Waals surface area contributed by atoms with E-state index < -0.39 is 5.60 Å². The van der Waals surface area contributed by atoms with Crippen molar-refractivity contribution >= 4 is 12.1 Å². The molecule has 1 aliphatic heterocycles. The van der Waals surface area contributed by atoms with Gasteiger partial charge in [-0.25, -0.2) is 14.0 Å². The van der Waals surface area contributed by atoms with E-state index in [1.165, 1.54) is 12.1 Å². The van der Waals surface area contributed by atoms with Crippen molar-refractivity contribution in [2.75, 3.05) is 66.5 Å². The van der Waals surface area contributed by atoms with Gasteiger partial charge in [-0.3, -0.25) is 4.90 Å². The fourth-order valence-electron chi connectivity index (χ4n) is 3.47. The van der Waals surface area contributed by atoms with E-state index in [1.807, 2.05) is 39.8 Å². The quantitative estimate of drug-likeness (QED) is 0.568. The van der Waals surface area contributed by atoms with Crippen LogP contribution in [0, 0.1) is 5.82 Å². The number of likely N-dealkylation sites (N-methyl/N-ethyl adjacent to an activating group) is 1. The van der Waals surface area contributed by atoms with Gasteiger partial charge in [0, 0.05) is 52.4 Å². The molecule has 0 aromatic heterocycles. The first-order chi connectivity index (χ1) is 15.5. The fourth-order valence-corrected chi connectivity index (χ4v) is 3.47. The maximum Gasteiger partial charge on any atom is 0.410 e. The first-order valence-electron chi connectivity index (χ1n) is 11.7. The lowest BCUT2D eigenvalue weighted by atomic mass is 10.2. The van der Waals surface area contributed by atoms with Crippen LogP contribution in [0.15, 0.2) is 24.3 Å². The van der Waals surface area contributed by atoms with Crippen LogP contribution in [0.5, 0.6) is 0 Å². The average Bonchev–Trinajstić information content (AvgIpc) is 2.74. The van der Waals surface area contributed by atoms with Crippen LogP contribution in [0.4, 0.5) is 14.0 Å². The van der Waals surface area contributed by atoms with Crippen LogP contribution < -0.4 is 5.32 Å². The van der Waals surface area contributed by atoms with E-state index in [4.69, 9.17) is 4.74 Å². The predicted octanol–water partition coefficient (Wildman–Crippen LogP) is 2.84. The number of carbonyl (C=O) groups excluding carboxylic acids is 2. The molecule has 1 N–H and O–H groups in total. The maximum absolute atomic E-state index is 13.2. The summed E-state index contributed by atoms with van der Waals surface area (Å²) in [6.07, 6.45) is 0.573. The van der Waals surface area contributed by atoms with E-state index in [9.17, 15) is 14.0 Å². The van der Waals surface area contributed by atoms with Gasteiger partial charge in [0.1, 0.15) is 11.4 Å². The van der Waals surface area contributed by atoms with Crippen molar-refractivity contribution in [3.63, 3.8) is 0 Å². The summed E-state index contributed by atoms with van der Waals surface area (Å²) in [4.78, 5) is 32.8. The molecule has 0 bridgehead atoms. The van der Waals surface area contributed by atoms with Gasteiger partial charge in [0.15, 0.2) is 0 Å². The van der Waals surface area contributed by atoms with E-state index >= 15 is 0 Å². The highest BCUT2D eigenvalue weighted by Gasteiger charge is 2.25. The van der Waals surface area contributed by atoms with Crippen LogP contribution in [0.2, 0.25) is 0 Å². The largest absolute Gasteiger partial charge is 0.444 e. The van der Waals surface area contributed by atoms with Gasteiger partial charge in [-0.05, 0) is 65.5 Å². The molecule has 3 amide bonds. The van der Waals surface area contributed by atoms with Crippen molar-refractivity contribution in [1.29, 1.82) is 0 Å². The highest BCUT2D eigenvalue weighted by atomic mass is 19.1. The lowest BCUT2D eigenvalue weighted by molar-refractivity contribution is 0.0144. The number of nitrogens with zero attached hydrogens (tertiary/aromatic N) is 4. The Morgan fingerprint density at radius 2 is 1.70 bits per heavy atom. The third kappa shape index (κ3) is 10.4. The van der Waals surface area contributed by atoms with Crippen molar-refractivity contribution in [3.05, 3.63) is 35.6 Å². The van der Waals surface area contributed by atoms with Crippen LogP contribution in [-0.2, 0) is 11.3 Å². The molecule has 1 aromatic rings. The molecule has 1 fully saturated rings. The molecule has 1 aliphatic rings. The SMILES string of the molecule is CN(C)CCN(Cc1ccc(F)cc1)C(=O)NCCCN1CCN(C(=O)OC(C)(C)C)CC1. The lowest BCUT2D eigenvalue weighted by Crippen LogP contribution is -2.50. The standard InChI is InChI=1S/C24H40FN5O3/c1-24(2,3)33-23(32)29-17-14-28(15-18-29)12-6-11-26-22(31)30(16-13-27(4)5)19-20-7-9-21(25)10-8-20/h7-10H,6,11-19H2,1-5H3,(H,26,31). The summed E-state index contributed by atoms with van der Waals surface area (Å²) in [5.41, 5.74) is 0.414. The second-order valence-electron chi connectivity index (χ2n) is 9.75. The Labute approximate surface area is 197 Å². The van der Waals surface area contributed by atoms with Crippen LogP contribution in [0.3, 0.4) is 0 Å². The highest BCUT2D eigenvalue weighted by molar-refractivity contribution is 5.74. The van der Waals surface area contributed by atoms with E-state index in [2.05, 4.69) is 10.2 Å². The van der Waals surface area contributed by atoms with Crippen LogP contribution >= 0.6 is 0 Å². The molecule has 0 atom stereocenters. The summed E-state index contributed by atoms with van der Waals surface area (Å²) in [7, 11) is 3.94. The van der Waals surface area contributed by atoms with Gasteiger partial charge in [-0.2, -0.15) is 0 Å². The molecule has 9 heteroatoms. The Kier molecular flexibility index (Phi) is 10.4. The van der Waals surface area contributed by atoms with Crippen molar-refractivity contribution in [2.45, 2.75) is 39.3 Å². The van der Waals surface area contributed by atoms with Crippen LogP contribution in [-0.4, -0.2) is 104 Å². The van der Waals surface area contributed by atoms with E-state index in [1.54, 1.807) is 21.9 Å². The third-order valence-electron chi connectivity index (χ3n) is 5.34. The zero-order valence-corrected chi connectivity index (χ0v) is 20.8. The molecule has 186 valence electrons. The van der Waals surface area contributed by atoms with Gasteiger partial charge >= 0.3 is 12.1 Å². The van der Waals surface area contributed by atoms with E-state index in [-0.39, 0.29) is 17.9 Å². The maximum atomic E-state index is 13.2. The van der Waals surface area contributed by atoms with Gasteiger partial charge in [-0.1, -0.05) is 12.1 Å². The zero-order chi connectivity index (χ0) is 24.4.